The van der Waals surface area contributed by atoms with E-state index in [-0.39, 0.29) is 18.5 Å². The minimum absolute atomic E-state index is 0.0138. The number of aliphatic hydroxyl groups is 1. The summed E-state index contributed by atoms with van der Waals surface area (Å²) in [6.07, 6.45) is 1.28. The molecule has 1 fully saturated rings. The standard InChI is InChI=1S/C14H20N2O2/c1-10-5-2-3-6-11(10)13(17)9-16-14(18)12-7-4-8-15-12/h2-3,5-6,12-13,15,17H,4,7-9H2,1H3,(H,16,18). The predicted molar refractivity (Wildman–Crippen MR) is 70.2 cm³/mol. The summed E-state index contributed by atoms with van der Waals surface area (Å²) < 4.78 is 0. The molecule has 1 aromatic carbocycles. The van der Waals surface area contributed by atoms with Crippen molar-refractivity contribution in [2.45, 2.75) is 31.9 Å². The summed E-state index contributed by atoms with van der Waals surface area (Å²) in [5.41, 5.74) is 1.91. The molecule has 0 spiro atoms. The van der Waals surface area contributed by atoms with E-state index in [1.54, 1.807) is 0 Å². The van der Waals surface area contributed by atoms with Crippen LogP contribution in [0.5, 0.6) is 0 Å². The molecule has 1 aliphatic heterocycles. The molecule has 1 aromatic rings. The number of aryl methyl sites for hydroxylation is 1. The number of nitrogens with one attached hydrogen (secondary N) is 2. The lowest BCUT2D eigenvalue weighted by Crippen LogP contribution is -2.41. The Balaban J connectivity index is 1.86. The maximum absolute atomic E-state index is 11.8. The fraction of sp³-hybridized carbons (Fsp3) is 0.500. The third-order valence-corrected chi connectivity index (χ3v) is 3.39. The van der Waals surface area contributed by atoms with E-state index in [2.05, 4.69) is 10.6 Å². The van der Waals surface area contributed by atoms with Gasteiger partial charge in [-0.15, -0.1) is 0 Å². The minimum Gasteiger partial charge on any atom is -0.387 e. The van der Waals surface area contributed by atoms with Crippen molar-refractivity contribution in [1.29, 1.82) is 0 Å². The van der Waals surface area contributed by atoms with Gasteiger partial charge >= 0.3 is 0 Å². The summed E-state index contributed by atoms with van der Waals surface area (Å²) >= 11 is 0. The molecule has 2 unspecified atom stereocenters. The van der Waals surface area contributed by atoms with Gasteiger partial charge in [-0.05, 0) is 37.4 Å². The van der Waals surface area contributed by atoms with Crippen LogP contribution in [0.25, 0.3) is 0 Å². The molecule has 1 aliphatic rings. The van der Waals surface area contributed by atoms with E-state index in [4.69, 9.17) is 0 Å². The Morgan fingerprint density at radius 1 is 1.56 bits per heavy atom. The van der Waals surface area contributed by atoms with Crippen LogP contribution in [0.1, 0.15) is 30.1 Å². The summed E-state index contributed by atoms with van der Waals surface area (Å²) in [5.74, 6) is -0.0138. The number of carbonyl (C=O) groups is 1. The van der Waals surface area contributed by atoms with Crippen molar-refractivity contribution < 1.29 is 9.90 Å². The highest BCUT2D eigenvalue weighted by Crippen LogP contribution is 2.16. The van der Waals surface area contributed by atoms with E-state index in [0.717, 1.165) is 30.5 Å². The highest BCUT2D eigenvalue weighted by molar-refractivity contribution is 5.82. The second kappa shape index (κ2) is 5.98. The number of amides is 1. The Hall–Kier alpha value is -1.39. The number of hydrogen-bond acceptors (Lipinski definition) is 3. The zero-order valence-electron chi connectivity index (χ0n) is 10.6. The van der Waals surface area contributed by atoms with E-state index in [0.29, 0.717) is 0 Å². The number of aliphatic hydroxyl groups excluding tert-OH is 1. The molecule has 4 heteroatoms. The molecule has 0 aliphatic carbocycles. The van der Waals surface area contributed by atoms with Crippen LogP contribution in [0.4, 0.5) is 0 Å². The molecule has 2 atom stereocenters. The van der Waals surface area contributed by atoms with Crippen LogP contribution in [0, 0.1) is 6.92 Å². The minimum atomic E-state index is -0.642. The van der Waals surface area contributed by atoms with Crippen LogP contribution >= 0.6 is 0 Å². The Labute approximate surface area is 107 Å². The Kier molecular flexibility index (Phi) is 4.33. The Morgan fingerprint density at radius 3 is 3.00 bits per heavy atom. The molecule has 0 aromatic heterocycles. The van der Waals surface area contributed by atoms with Crippen LogP contribution in [-0.2, 0) is 4.79 Å². The Bertz CT molecular complexity index is 414. The van der Waals surface area contributed by atoms with E-state index in [1.807, 2.05) is 31.2 Å². The van der Waals surface area contributed by atoms with Gasteiger partial charge in [0.05, 0.1) is 12.1 Å². The van der Waals surface area contributed by atoms with Gasteiger partial charge in [0.1, 0.15) is 0 Å². The van der Waals surface area contributed by atoms with Crippen molar-refractivity contribution in [2.24, 2.45) is 0 Å². The lowest BCUT2D eigenvalue weighted by Gasteiger charge is -2.16. The van der Waals surface area contributed by atoms with Crippen molar-refractivity contribution in [3.05, 3.63) is 35.4 Å². The highest BCUT2D eigenvalue weighted by Gasteiger charge is 2.22. The highest BCUT2D eigenvalue weighted by atomic mass is 16.3. The molecule has 18 heavy (non-hydrogen) atoms. The first-order chi connectivity index (χ1) is 8.68. The van der Waals surface area contributed by atoms with Gasteiger partial charge in [-0.25, -0.2) is 0 Å². The molecule has 1 amide bonds. The van der Waals surface area contributed by atoms with Crippen molar-refractivity contribution in [3.63, 3.8) is 0 Å². The topological polar surface area (TPSA) is 61.4 Å². The molecule has 1 saturated heterocycles. The number of carbonyl (C=O) groups excluding carboxylic acids is 1. The maximum Gasteiger partial charge on any atom is 0.237 e. The van der Waals surface area contributed by atoms with Crippen molar-refractivity contribution in [3.8, 4) is 0 Å². The van der Waals surface area contributed by atoms with E-state index >= 15 is 0 Å². The van der Waals surface area contributed by atoms with Crippen molar-refractivity contribution in [2.75, 3.05) is 13.1 Å². The SMILES string of the molecule is Cc1ccccc1C(O)CNC(=O)C1CCCN1. The normalized spacial score (nSPS) is 20.7. The average molecular weight is 248 g/mol. The average Bonchev–Trinajstić information content (AvgIpc) is 2.90. The summed E-state index contributed by atoms with van der Waals surface area (Å²) in [7, 11) is 0. The van der Waals surface area contributed by atoms with Gasteiger partial charge in [-0.3, -0.25) is 4.79 Å². The monoisotopic (exact) mass is 248 g/mol. The molecule has 0 saturated carbocycles. The van der Waals surface area contributed by atoms with Gasteiger partial charge in [0.2, 0.25) is 5.91 Å². The maximum atomic E-state index is 11.8. The number of benzene rings is 1. The molecule has 0 bridgehead atoms. The predicted octanol–water partition coefficient (Wildman–Crippen LogP) is 0.897. The molecule has 4 nitrogen and oxygen atoms in total. The van der Waals surface area contributed by atoms with Gasteiger partial charge < -0.3 is 15.7 Å². The first-order valence-electron chi connectivity index (χ1n) is 6.43. The summed E-state index contributed by atoms with van der Waals surface area (Å²) in [5, 5.41) is 16.0. The van der Waals surface area contributed by atoms with Crippen LogP contribution in [-0.4, -0.2) is 30.1 Å². The van der Waals surface area contributed by atoms with Gasteiger partial charge in [0.15, 0.2) is 0 Å². The molecule has 0 radical (unpaired) electrons. The smallest absolute Gasteiger partial charge is 0.237 e. The van der Waals surface area contributed by atoms with Crippen LogP contribution in [0.15, 0.2) is 24.3 Å². The molecule has 2 rings (SSSR count). The van der Waals surface area contributed by atoms with E-state index in [1.165, 1.54) is 0 Å². The third kappa shape index (κ3) is 3.09. The zero-order chi connectivity index (χ0) is 13.0. The second-order valence-electron chi connectivity index (χ2n) is 4.77. The summed E-state index contributed by atoms with van der Waals surface area (Å²) in [6, 6.07) is 7.59. The van der Waals surface area contributed by atoms with Gasteiger partial charge in [-0.2, -0.15) is 0 Å². The lowest BCUT2D eigenvalue weighted by molar-refractivity contribution is -0.123. The van der Waals surface area contributed by atoms with E-state index < -0.39 is 6.10 Å². The first kappa shape index (κ1) is 13.1. The fourth-order valence-corrected chi connectivity index (χ4v) is 2.30. The van der Waals surface area contributed by atoms with Crippen LogP contribution in [0.3, 0.4) is 0 Å². The number of hydrogen-bond donors (Lipinski definition) is 3. The molecule has 3 N–H and O–H groups in total. The summed E-state index contributed by atoms with van der Waals surface area (Å²) in [4.78, 5) is 11.8. The Morgan fingerprint density at radius 2 is 2.33 bits per heavy atom. The fourth-order valence-electron chi connectivity index (χ4n) is 2.30. The lowest BCUT2D eigenvalue weighted by atomic mass is 10.0. The second-order valence-corrected chi connectivity index (χ2v) is 4.77. The molecular formula is C14H20N2O2. The van der Waals surface area contributed by atoms with E-state index in [9.17, 15) is 9.90 Å². The molecule has 98 valence electrons. The number of rotatable bonds is 4. The quantitative estimate of drug-likeness (QED) is 0.742. The third-order valence-electron chi connectivity index (χ3n) is 3.39. The first-order valence-corrected chi connectivity index (χ1v) is 6.43. The zero-order valence-corrected chi connectivity index (χ0v) is 10.6. The van der Waals surface area contributed by atoms with Crippen LogP contribution in [0.2, 0.25) is 0 Å². The van der Waals surface area contributed by atoms with Crippen LogP contribution < -0.4 is 10.6 Å². The molecular weight excluding hydrogens is 228 g/mol. The molecule has 1 heterocycles. The van der Waals surface area contributed by atoms with Crippen molar-refractivity contribution >= 4 is 5.91 Å². The van der Waals surface area contributed by atoms with Gasteiger partial charge in [0.25, 0.3) is 0 Å². The summed E-state index contributed by atoms with van der Waals surface area (Å²) in [6.45, 7) is 3.12. The largest absolute Gasteiger partial charge is 0.387 e. The van der Waals surface area contributed by atoms with Crippen molar-refractivity contribution in [1.82, 2.24) is 10.6 Å². The van der Waals surface area contributed by atoms with Gasteiger partial charge in [0, 0.05) is 6.54 Å². The van der Waals surface area contributed by atoms with Gasteiger partial charge in [-0.1, -0.05) is 24.3 Å².